The van der Waals surface area contributed by atoms with E-state index in [1.807, 2.05) is 0 Å². The van der Waals surface area contributed by atoms with Crippen molar-refractivity contribution < 1.29 is 4.43 Å². The molecule has 0 amide bonds. The number of hydrogen-bond acceptors (Lipinski definition) is 2. The summed E-state index contributed by atoms with van der Waals surface area (Å²) in [5, 5.41) is 0.333. The van der Waals surface area contributed by atoms with Gasteiger partial charge in [-0.3, -0.25) is 0 Å². The fraction of sp³-hybridized carbons (Fsp3) is 1.00. The summed E-state index contributed by atoms with van der Waals surface area (Å²) in [7, 11) is 2.66. The highest BCUT2D eigenvalue weighted by atomic mass is 28.4. The van der Waals surface area contributed by atoms with Gasteiger partial charge >= 0.3 is 0 Å². The lowest BCUT2D eigenvalue weighted by molar-refractivity contribution is 0.242. The Balaban J connectivity index is 3.90. The van der Waals surface area contributed by atoms with Crippen LogP contribution >= 0.6 is 0 Å². The molecule has 0 aliphatic heterocycles. The zero-order chi connectivity index (χ0) is 10.7. The summed E-state index contributed by atoms with van der Waals surface area (Å²) in [6, 6.07) is 0. The van der Waals surface area contributed by atoms with Gasteiger partial charge in [0.05, 0.1) is 0 Å². The second-order valence-electron chi connectivity index (χ2n) is 5.41. The van der Waals surface area contributed by atoms with E-state index in [1.165, 1.54) is 0 Å². The maximum atomic E-state index is 6.00. The van der Waals surface area contributed by atoms with Gasteiger partial charge in [0, 0.05) is 13.2 Å². The van der Waals surface area contributed by atoms with Crippen molar-refractivity contribution >= 4 is 8.32 Å². The van der Waals surface area contributed by atoms with Crippen LogP contribution in [0.25, 0.3) is 0 Å². The van der Waals surface area contributed by atoms with E-state index >= 15 is 0 Å². The molecule has 0 bridgehead atoms. The van der Waals surface area contributed by atoms with Crippen molar-refractivity contribution in [3.8, 4) is 0 Å². The monoisotopic (exact) mass is 203 g/mol. The predicted octanol–water partition coefficient (Wildman–Crippen LogP) is 2.57. The van der Waals surface area contributed by atoms with E-state index < -0.39 is 8.32 Å². The van der Waals surface area contributed by atoms with Crippen molar-refractivity contribution in [3.05, 3.63) is 0 Å². The van der Waals surface area contributed by atoms with Gasteiger partial charge in [-0.1, -0.05) is 20.8 Å². The minimum atomic E-state index is -1.50. The molecule has 0 saturated heterocycles. The second kappa shape index (κ2) is 4.58. The molecule has 0 spiro atoms. The van der Waals surface area contributed by atoms with Gasteiger partial charge in [-0.25, -0.2) is 0 Å². The Labute approximate surface area is 84.4 Å². The van der Waals surface area contributed by atoms with Crippen LogP contribution in [-0.2, 0) is 4.43 Å². The molecule has 0 aliphatic rings. The minimum Gasteiger partial charge on any atom is -0.416 e. The molecule has 13 heavy (non-hydrogen) atoms. The molecule has 0 atom stereocenters. The van der Waals surface area contributed by atoms with Crippen LogP contribution in [0.3, 0.4) is 0 Å². The highest BCUT2D eigenvalue weighted by Crippen LogP contribution is 2.36. The Hall–Kier alpha value is 0.137. The van der Waals surface area contributed by atoms with Crippen LogP contribution in [0.15, 0.2) is 0 Å². The van der Waals surface area contributed by atoms with E-state index in [2.05, 4.69) is 52.9 Å². The smallest absolute Gasteiger partial charge is 0.192 e. The summed E-state index contributed by atoms with van der Waals surface area (Å²) in [5.74, 6) is 0. The van der Waals surface area contributed by atoms with Crippen molar-refractivity contribution in [1.82, 2.24) is 4.90 Å². The van der Waals surface area contributed by atoms with Crippen molar-refractivity contribution in [2.24, 2.45) is 0 Å². The third-order valence-electron chi connectivity index (χ3n) is 2.81. The average Bonchev–Trinajstić information content (AvgIpc) is 1.82. The molecule has 0 saturated carbocycles. The molecule has 0 unspecified atom stereocenters. The maximum Gasteiger partial charge on any atom is 0.192 e. The summed E-state index contributed by atoms with van der Waals surface area (Å²) in [6.45, 7) is 13.3. The van der Waals surface area contributed by atoms with Gasteiger partial charge < -0.3 is 9.33 Å². The van der Waals surface area contributed by atoms with Gasteiger partial charge in [-0.05, 0) is 32.2 Å². The fourth-order valence-electron chi connectivity index (χ4n) is 0.700. The largest absolute Gasteiger partial charge is 0.416 e. The molecule has 0 aromatic carbocycles. The second-order valence-corrected chi connectivity index (χ2v) is 10.2. The Morgan fingerprint density at radius 1 is 1.15 bits per heavy atom. The Morgan fingerprint density at radius 2 is 1.62 bits per heavy atom. The Bertz CT molecular complexity index is 149. The highest BCUT2D eigenvalue weighted by Gasteiger charge is 2.36. The van der Waals surface area contributed by atoms with Crippen LogP contribution < -0.4 is 0 Å². The number of rotatable bonds is 4. The molecule has 2 nitrogen and oxygen atoms in total. The topological polar surface area (TPSA) is 12.5 Å². The molecule has 3 heteroatoms. The first-order valence-electron chi connectivity index (χ1n) is 4.95. The van der Waals surface area contributed by atoms with Gasteiger partial charge in [0.2, 0.25) is 0 Å². The SMILES string of the molecule is CN(C)CCO[Si](C)(C)C(C)(C)C. The van der Waals surface area contributed by atoms with E-state index in [-0.39, 0.29) is 0 Å². The molecule has 0 heterocycles. The molecule has 0 rings (SSSR count). The summed E-state index contributed by atoms with van der Waals surface area (Å²) >= 11 is 0. The minimum absolute atomic E-state index is 0.333. The van der Waals surface area contributed by atoms with Crippen LogP contribution in [0, 0.1) is 0 Å². The lowest BCUT2D eigenvalue weighted by Gasteiger charge is -2.36. The van der Waals surface area contributed by atoms with E-state index in [4.69, 9.17) is 4.43 Å². The molecule has 0 fully saturated rings. The van der Waals surface area contributed by atoms with Gasteiger partial charge in [-0.15, -0.1) is 0 Å². The molecule has 80 valence electrons. The number of nitrogens with zero attached hydrogens (tertiary/aromatic N) is 1. The van der Waals surface area contributed by atoms with Gasteiger partial charge in [0.25, 0.3) is 0 Å². The third kappa shape index (κ3) is 4.79. The lowest BCUT2D eigenvalue weighted by atomic mass is 10.2. The molecule has 0 radical (unpaired) electrons. The maximum absolute atomic E-state index is 6.00. The summed E-state index contributed by atoms with van der Waals surface area (Å²) < 4.78 is 6.00. The first-order chi connectivity index (χ1) is 5.67. The molecule has 0 aliphatic carbocycles. The van der Waals surface area contributed by atoms with Gasteiger partial charge in [0.1, 0.15) is 0 Å². The van der Waals surface area contributed by atoms with Crippen LogP contribution in [-0.4, -0.2) is 40.5 Å². The normalized spacial score (nSPS) is 13.8. The summed E-state index contributed by atoms with van der Waals surface area (Å²) in [6.07, 6.45) is 0. The van der Waals surface area contributed by atoms with E-state index in [9.17, 15) is 0 Å². The highest BCUT2D eigenvalue weighted by molar-refractivity contribution is 6.74. The predicted molar refractivity (Wildman–Crippen MR) is 61.7 cm³/mol. The van der Waals surface area contributed by atoms with Crippen LogP contribution in [0.4, 0.5) is 0 Å². The summed E-state index contributed by atoms with van der Waals surface area (Å²) in [5.41, 5.74) is 0. The summed E-state index contributed by atoms with van der Waals surface area (Å²) in [4.78, 5) is 2.16. The molecular weight excluding hydrogens is 178 g/mol. The zero-order valence-electron chi connectivity index (χ0n) is 10.3. The first kappa shape index (κ1) is 13.1. The van der Waals surface area contributed by atoms with Crippen molar-refractivity contribution in [2.45, 2.75) is 38.9 Å². The quantitative estimate of drug-likeness (QED) is 0.651. The fourth-order valence-corrected chi connectivity index (χ4v) is 1.73. The lowest BCUT2D eigenvalue weighted by Crippen LogP contribution is -2.42. The van der Waals surface area contributed by atoms with Gasteiger partial charge in [0.15, 0.2) is 8.32 Å². The Morgan fingerprint density at radius 3 is 1.92 bits per heavy atom. The first-order valence-corrected chi connectivity index (χ1v) is 7.86. The molecular formula is C10H25NOSi. The number of hydrogen-bond donors (Lipinski definition) is 0. The van der Waals surface area contributed by atoms with Gasteiger partial charge in [-0.2, -0.15) is 0 Å². The molecule has 0 aromatic rings. The Kier molecular flexibility index (Phi) is 4.62. The number of likely N-dealkylation sites (N-methyl/N-ethyl adjacent to an activating group) is 1. The van der Waals surface area contributed by atoms with E-state index in [0.717, 1.165) is 13.2 Å². The average molecular weight is 203 g/mol. The van der Waals surface area contributed by atoms with Crippen LogP contribution in [0.2, 0.25) is 18.1 Å². The standard InChI is InChI=1S/C10H25NOSi/c1-10(2,3)13(6,7)12-9-8-11(4)5/h8-9H2,1-7H3. The van der Waals surface area contributed by atoms with E-state index in [0.29, 0.717) is 5.04 Å². The van der Waals surface area contributed by atoms with Crippen LogP contribution in [0.5, 0.6) is 0 Å². The van der Waals surface area contributed by atoms with Crippen molar-refractivity contribution in [3.63, 3.8) is 0 Å². The van der Waals surface area contributed by atoms with Crippen molar-refractivity contribution in [1.29, 1.82) is 0 Å². The third-order valence-corrected chi connectivity index (χ3v) is 7.35. The molecule has 0 aromatic heterocycles. The van der Waals surface area contributed by atoms with E-state index in [1.54, 1.807) is 0 Å². The van der Waals surface area contributed by atoms with Crippen LogP contribution in [0.1, 0.15) is 20.8 Å². The molecule has 0 N–H and O–H groups in total. The zero-order valence-corrected chi connectivity index (χ0v) is 11.3. The van der Waals surface area contributed by atoms with Crippen molar-refractivity contribution in [2.75, 3.05) is 27.2 Å².